The van der Waals surface area contributed by atoms with E-state index in [4.69, 9.17) is 4.42 Å². The molecule has 0 saturated heterocycles. The van der Waals surface area contributed by atoms with Gasteiger partial charge >= 0.3 is 0 Å². The lowest BCUT2D eigenvalue weighted by Gasteiger charge is -2.26. The van der Waals surface area contributed by atoms with Crippen LogP contribution in [-0.2, 0) is 30.0 Å². The van der Waals surface area contributed by atoms with Crippen molar-refractivity contribution >= 4 is 32.8 Å². The highest BCUT2D eigenvalue weighted by atomic mass is 32.2. The van der Waals surface area contributed by atoms with Crippen molar-refractivity contribution in [3.63, 3.8) is 0 Å². The summed E-state index contributed by atoms with van der Waals surface area (Å²) >= 11 is 0.972. The summed E-state index contributed by atoms with van der Waals surface area (Å²) in [4.78, 5) is 0.118. The highest BCUT2D eigenvalue weighted by molar-refractivity contribution is 7.89. The van der Waals surface area contributed by atoms with Gasteiger partial charge in [0.2, 0.25) is 10.0 Å². The van der Waals surface area contributed by atoms with E-state index in [-0.39, 0.29) is 35.3 Å². The Morgan fingerprint density at radius 2 is 1.88 bits per heavy atom. The van der Waals surface area contributed by atoms with Crippen LogP contribution in [0.4, 0.5) is 4.39 Å². The first-order chi connectivity index (χ1) is 16.4. The molecule has 2 aromatic carbocycles. The van der Waals surface area contributed by atoms with Crippen molar-refractivity contribution in [3.05, 3.63) is 59.5 Å². The number of benzene rings is 2. The maximum atomic E-state index is 14.2. The zero-order valence-corrected chi connectivity index (χ0v) is 19.3. The van der Waals surface area contributed by atoms with Crippen molar-refractivity contribution in [2.45, 2.75) is 17.9 Å². The number of rotatable bonds is 4. The molecule has 5 aromatic rings. The number of hydrogen-bond donors (Lipinski definition) is 0. The second-order valence-electron chi connectivity index (χ2n) is 7.77. The molecule has 172 valence electrons. The number of sulfonamides is 1. The summed E-state index contributed by atoms with van der Waals surface area (Å²) < 4.78 is 58.4. The molecule has 0 amide bonds. The predicted molar refractivity (Wildman–Crippen MR) is 121 cm³/mol. The number of halogens is 1. The second-order valence-corrected chi connectivity index (χ2v) is 10.2. The molecule has 0 fully saturated rings. The molecule has 3 aromatic heterocycles. The number of fused-ring (bicyclic) bond motifs is 2. The Balaban J connectivity index is 1.39. The molecule has 34 heavy (non-hydrogen) atoms. The summed E-state index contributed by atoms with van der Waals surface area (Å²) in [7, 11) is -2.07. The number of aryl methyl sites for hydroxylation is 1. The zero-order chi connectivity index (χ0) is 23.4. The van der Waals surface area contributed by atoms with Gasteiger partial charge in [-0.25, -0.2) is 12.8 Å². The van der Waals surface area contributed by atoms with E-state index in [1.807, 2.05) is 0 Å². The molecule has 13 heteroatoms. The van der Waals surface area contributed by atoms with Crippen LogP contribution >= 0.6 is 11.7 Å². The molecule has 6 rings (SSSR count). The van der Waals surface area contributed by atoms with E-state index in [2.05, 4.69) is 24.0 Å². The Morgan fingerprint density at radius 1 is 1.06 bits per heavy atom. The normalized spacial score (nSPS) is 14.5. The predicted octanol–water partition coefficient (Wildman–Crippen LogP) is 3.03. The van der Waals surface area contributed by atoms with Crippen molar-refractivity contribution < 1.29 is 17.2 Å². The third-order valence-electron chi connectivity index (χ3n) is 5.81. The highest BCUT2D eigenvalue weighted by Gasteiger charge is 2.35. The fourth-order valence-electron chi connectivity index (χ4n) is 4.14. The largest absolute Gasteiger partial charge is 0.414 e. The first-order valence-electron chi connectivity index (χ1n) is 10.3. The lowest BCUT2D eigenvalue weighted by atomic mass is 10.1. The van der Waals surface area contributed by atoms with Crippen molar-refractivity contribution in [3.8, 4) is 23.0 Å². The van der Waals surface area contributed by atoms with Crippen molar-refractivity contribution in [1.82, 2.24) is 33.0 Å². The van der Waals surface area contributed by atoms with E-state index in [0.29, 0.717) is 28.7 Å². The molecule has 1 aliphatic rings. The van der Waals surface area contributed by atoms with Crippen molar-refractivity contribution in [2.75, 3.05) is 6.54 Å². The Bertz CT molecular complexity index is 1660. The van der Waals surface area contributed by atoms with Crippen LogP contribution in [-0.4, -0.2) is 48.0 Å². The van der Waals surface area contributed by atoms with Crippen molar-refractivity contribution in [2.24, 2.45) is 7.05 Å². The third kappa shape index (κ3) is 3.23. The molecule has 0 spiro atoms. The van der Waals surface area contributed by atoms with Gasteiger partial charge in [-0.05, 0) is 24.3 Å². The standard InChI is InChI=1S/C21H16FN7O3S2/c1-28-16-9-10-29(34(30,31)17-8-4-7-15-19(17)27-33-26-15)11-13(16)18(25-28)21-24-23-20(32-21)12-5-2-3-6-14(12)22/h2-8H,9-11H2,1H3. The smallest absolute Gasteiger partial charge is 0.268 e. The van der Waals surface area contributed by atoms with Crippen LogP contribution in [0.5, 0.6) is 0 Å². The van der Waals surface area contributed by atoms with Crippen LogP contribution in [0, 0.1) is 5.82 Å². The van der Waals surface area contributed by atoms with E-state index in [1.165, 1.54) is 16.4 Å². The van der Waals surface area contributed by atoms with Gasteiger partial charge in [0.1, 0.15) is 21.7 Å². The number of aromatic nitrogens is 6. The minimum absolute atomic E-state index is 0.0236. The Labute approximate surface area is 197 Å². The first-order valence-corrected chi connectivity index (χ1v) is 12.5. The molecule has 0 radical (unpaired) electrons. The average molecular weight is 498 g/mol. The topological polar surface area (TPSA) is 120 Å². The lowest BCUT2D eigenvalue weighted by Crippen LogP contribution is -2.36. The SMILES string of the molecule is Cn1nc(-c2nnc(-c3ccccc3F)o2)c2c1CCN(S(=O)(=O)c1cccc3nsnc13)C2. The second kappa shape index (κ2) is 7.75. The van der Waals surface area contributed by atoms with Gasteiger partial charge in [0.15, 0.2) is 5.69 Å². The molecule has 0 N–H and O–H groups in total. The fraction of sp³-hybridized carbons (Fsp3) is 0.190. The van der Waals surface area contributed by atoms with E-state index >= 15 is 0 Å². The summed E-state index contributed by atoms with van der Waals surface area (Å²) in [5, 5.41) is 12.5. The molecule has 10 nitrogen and oxygen atoms in total. The van der Waals surface area contributed by atoms with Gasteiger partial charge in [-0.15, -0.1) is 10.2 Å². The maximum Gasteiger partial charge on any atom is 0.268 e. The summed E-state index contributed by atoms with van der Waals surface area (Å²) in [5.41, 5.74) is 3.00. The monoisotopic (exact) mass is 497 g/mol. The molecule has 0 bridgehead atoms. The Kier molecular flexibility index (Phi) is 4.79. The molecule has 4 heterocycles. The van der Waals surface area contributed by atoms with Gasteiger partial charge in [-0.3, -0.25) is 4.68 Å². The summed E-state index contributed by atoms with van der Waals surface area (Å²) in [6.07, 6.45) is 0.456. The maximum absolute atomic E-state index is 14.2. The van der Waals surface area contributed by atoms with Gasteiger partial charge in [-0.2, -0.15) is 18.2 Å². The molecule has 0 aliphatic carbocycles. The first kappa shape index (κ1) is 21.0. The van der Waals surface area contributed by atoms with E-state index in [1.54, 1.807) is 42.1 Å². The third-order valence-corrected chi connectivity index (χ3v) is 8.23. The van der Waals surface area contributed by atoms with Crippen LogP contribution < -0.4 is 0 Å². The Hall–Kier alpha value is -3.55. The van der Waals surface area contributed by atoms with E-state index in [0.717, 1.165) is 17.4 Å². The fourth-order valence-corrected chi connectivity index (χ4v) is 6.30. The lowest BCUT2D eigenvalue weighted by molar-refractivity contribution is 0.386. The summed E-state index contributed by atoms with van der Waals surface area (Å²) in [6, 6.07) is 11.0. The van der Waals surface area contributed by atoms with Crippen LogP contribution in [0.1, 0.15) is 11.3 Å². The number of nitrogens with zero attached hydrogens (tertiary/aromatic N) is 7. The zero-order valence-electron chi connectivity index (χ0n) is 17.7. The Morgan fingerprint density at radius 3 is 2.74 bits per heavy atom. The summed E-state index contributed by atoms with van der Waals surface area (Å²) in [6.45, 7) is 0.360. The van der Waals surface area contributed by atoms with Gasteiger partial charge < -0.3 is 4.42 Å². The average Bonchev–Trinajstić information content (AvgIpc) is 3.57. The quantitative estimate of drug-likeness (QED) is 0.372. The van der Waals surface area contributed by atoms with E-state index in [9.17, 15) is 12.8 Å². The molecular formula is C21H16FN7O3S2. The van der Waals surface area contributed by atoms with Gasteiger partial charge in [0.05, 0.1) is 17.3 Å². The van der Waals surface area contributed by atoms with Gasteiger partial charge in [-0.1, -0.05) is 18.2 Å². The molecule has 0 atom stereocenters. The summed E-state index contributed by atoms with van der Waals surface area (Å²) in [5.74, 6) is -0.362. The van der Waals surface area contributed by atoms with Crippen LogP contribution in [0.25, 0.3) is 34.1 Å². The molecule has 0 unspecified atom stereocenters. The molecule has 0 saturated carbocycles. The van der Waals surface area contributed by atoms with Crippen molar-refractivity contribution in [1.29, 1.82) is 0 Å². The van der Waals surface area contributed by atoms with Crippen LogP contribution in [0.2, 0.25) is 0 Å². The minimum Gasteiger partial charge on any atom is -0.414 e. The van der Waals surface area contributed by atoms with Crippen LogP contribution in [0.15, 0.2) is 51.8 Å². The molecule has 1 aliphatic heterocycles. The van der Waals surface area contributed by atoms with Gasteiger partial charge in [0, 0.05) is 37.8 Å². The van der Waals surface area contributed by atoms with E-state index < -0.39 is 15.8 Å². The number of hydrogen-bond acceptors (Lipinski definition) is 9. The van der Waals surface area contributed by atoms with Crippen LogP contribution in [0.3, 0.4) is 0 Å². The highest BCUT2D eigenvalue weighted by Crippen LogP contribution is 2.34. The molecular weight excluding hydrogens is 481 g/mol. The minimum atomic E-state index is -3.85. The van der Waals surface area contributed by atoms with Gasteiger partial charge in [0.25, 0.3) is 11.8 Å².